The standard InChI is InChI=1S/C15H19N3O/c1-10-5-4-6-11(2)14(10)18-9-12(3)17-13(7-8-16)15(18)19/h4-6,12-13,17H,7,9H2,1-3H3. The molecule has 2 atom stereocenters. The fraction of sp³-hybridized carbons (Fsp3) is 0.467. The van der Waals surface area contributed by atoms with Gasteiger partial charge in [0, 0.05) is 18.3 Å². The van der Waals surface area contributed by atoms with Gasteiger partial charge in [0.05, 0.1) is 12.5 Å². The summed E-state index contributed by atoms with van der Waals surface area (Å²) >= 11 is 0. The molecule has 1 saturated heterocycles. The number of amides is 1. The molecule has 1 fully saturated rings. The van der Waals surface area contributed by atoms with E-state index < -0.39 is 6.04 Å². The van der Waals surface area contributed by atoms with Gasteiger partial charge in [-0.25, -0.2) is 0 Å². The second-order valence-electron chi connectivity index (χ2n) is 5.17. The van der Waals surface area contributed by atoms with Crippen molar-refractivity contribution >= 4 is 11.6 Å². The Morgan fingerprint density at radius 1 is 1.42 bits per heavy atom. The van der Waals surface area contributed by atoms with E-state index in [9.17, 15) is 4.79 Å². The molecule has 1 amide bonds. The lowest BCUT2D eigenvalue weighted by atomic mass is 10.0. The van der Waals surface area contributed by atoms with Crippen molar-refractivity contribution in [1.82, 2.24) is 5.32 Å². The normalized spacial score (nSPS) is 23.3. The van der Waals surface area contributed by atoms with Crippen molar-refractivity contribution in [1.29, 1.82) is 5.26 Å². The molecule has 1 aromatic rings. The van der Waals surface area contributed by atoms with Crippen LogP contribution in [0.15, 0.2) is 18.2 Å². The van der Waals surface area contributed by atoms with Gasteiger partial charge in [0.25, 0.3) is 0 Å². The number of benzene rings is 1. The van der Waals surface area contributed by atoms with Gasteiger partial charge in [0.2, 0.25) is 5.91 Å². The summed E-state index contributed by atoms with van der Waals surface area (Å²) in [6.45, 7) is 6.72. The van der Waals surface area contributed by atoms with Crippen molar-refractivity contribution in [2.75, 3.05) is 11.4 Å². The quantitative estimate of drug-likeness (QED) is 0.880. The van der Waals surface area contributed by atoms with Crippen LogP contribution in [-0.4, -0.2) is 24.5 Å². The highest BCUT2D eigenvalue weighted by atomic mass is 16.2. The topological polar surface area (TPSA) is 56.1 Å². The minimum atomic E-state index is -0.396. The van der Waals surface area contributed by atoms with Crippen LogP contribution in [-0.2, 0) is 4.79 Å². The molecule has 0 radical (unpaired) electrons. The van der Waals surface area contributed by atoms with Gasteiger partial charge in [-0.3, -0.25) is 4.79 Å². The van der Waals surface area contributed by atoms with Crippen LogP contribution in [0, 0.1) is 25.2 Å². The summed E-state index contributed by atoms with van der Waals surface area (Å²) in [5.74, 6) is -0.00273. The number of nitriles is 1. The fourth-order valence-electron chi connectivity index (χ4n) is 2.69. The van der Waals surface area contributed by atoms with Crippen molar-refractivity contribution < 1.29 is 4.79 Å². The van der Waals surface area contributed by atoms with Gasteiger partial charge in [-0.05, 0) is 31.9 Å². The van der Waals surface area contributed by atoms with Crippen LogP contribution in [0.4, 0.5) is 5.69 Å². The molecule has 1 aromatic carbocycles. The van der Waals surface area contributed by atoms with E-state index in [4.69, 9.17) is 5.26 Å². The number of piperazine rings is 1. The monoisotopic (exact) mass is 257 g/mol. The van der Waals surface area contributed by atoms with E-state index in [0.717, 1.165) is 16.8 Å². The molecule has 4 heteroatoms. The van der Waals surface area contributed by atoms with Gasteiger partial charge < -0.3 is 10.2 Å². The maximum Gasteiger partial charge on any atom is 0.245 e. The van der Waals surface area contributed by atoms with Crippen LogP contribution in [0.2, 0.25) is 0 Å². The van der Waals surface area contributed by atoms with E-state index in [2.05, 4.69) is 11.4 Å². The average molecular weight is 257 g/mol. The Kier molecular flexibility index (Phi) is 3.87. The van der Waals surface area contributed by atoms with Gasteiger partial charge in [0.15, 0.2) is 0 Å². The van der Waals surface area contributed by atoms with Gasteiger partial charge in [0.1, 0.15) is 6.04 Å². The second-order valence-corrected chi connectivity index (χ2v) is 5.17. The first-order valence-electron chi connectivity index (χ1n) is 6.55. The molecular formula is C15H19N3O. The van der Waals surface area contributed by atoms with Crippen molar-refractivity contribution in [3.8, 4) is 6.07 Å². The van der Waals surface area contributed by atoms with E-state index >= 15 is 0 Å². The fourth-order valence-corrected chi connectivity index (χ4v) is 2.69. The molecule has 1 heterocycles. The number of anilines is 1. The lowest BCUT2D eigenvalue weighted by Gasteiger charge is -2.37. The lowest BCUT2D eigenvalue weighted by molar-refractivity contribution is -0.122. The predicted molar refractivity (Wildman–Crippen MR) is 74.9 cm³/mol. The lowest BCUT2D eigenvalue weighted by Crippen LogP contribution is -2.59. The van der Waals surface area contributed by atoms with E-state index in [-0.39, 0.29) is 18.4 Å². The van der Waals surface area contributed by atoms with Crippen LogP contribution in [0.5, 0.6) is 0 Å². The molecule has 19 heavy (non-hydrogen) atoms. The Labute approximate surface area is 114 Å². The van der Waals surface area contributed by atoms with Crippen LogP contribution in [0.1, 0.15) is 24.5 Å². The van der Waals surface area contributed by atoms with Crippen molar-refractivity contribution in [2.24, 2.45) is 0 Å². The summed E-state index contributed by atoms with van der Waals surface area (Å²) in [6.07, 6.45) is 0.213. The van der Waals surface area contributed by atoms with E-state index in [1.807, 2.05) is 43.9 Å². The molecule has 0 bridgehead atoms. The van der Waals surface area contributed by atoms with E-state index in [1.165, 1.54) is 0 Å². The number of hydrogen-bond donors (Lipinski definition) is 1. The molecule has 2 rings (SSSR count). The van der Waals surface area contributed by atoms with Gasteiger partial charge in [-0.15, -0.1) is 0 Å². The minimum absolute atomic E-state index is 0.00273. The summed E-state index contributed by atoms with van der Waals surface area (Å²) in [5, 5.41) is 12.0. The predicted octanol–water partition coefficient (Wildman–Crippen LogP) is 1.91. The zero-order chi connectivity index (χ0) is 14.0. The third-order valence-electron chi connectivity index (χ3n) is 3.51. The summed E-state index contributed by atoms with van der Waals surface area (Å²) in [5.41, 5.74) is 3.18. The molecule has 1 aliphatic heterocycles. The Morgan fingerprint density at radius 2 is 2.05 bits per heavy atom. The van der Waals surface area contributed by atoms with Gasteiger partial charge in [-0.2, -0.15) is 5.26 Å². The van der Waals surface area contributed by atoms with E-state index in [0.29, 0.717) is 6.54 Å². The van der Waals surface area contributed by atoms with Crippen LogP contribution >= 0.6 is 0 Å². The Balaban J connectivity index is 2.38. The first-order chi connectivity index (χ1) is 9.04. The zero-order valence-electron chi connectivity index (χ0n) is 11.6. The largest absolute Gasteiger partial charge is 0.309 e. The number of rotatable bonds is 2. The smallest absolute Gasteiger partial charge is 0.245 e. The highest BCUT2D eigenvalue weighted by molar-refractivity contribution is 5.99. The number of aryl methyl sites for hydroxylation is 2. The van der Waals surface area contributed by atoms with E-state index in [1.54, 1.807) is 0 Å². The summed E-state index contributed by atoms with van der Waals surface area (Å²) in [7, 11) is 0. The Hall–Kier alpha value is -1.86. The van der Waals surface area contributed by atoms with Gasteiger partial charge >= 0.3 is 0 Å². The first-order valence-corrected chi connectivity index (χ1v) is 6.55. The number of nitrogens with zero attached hydrogens (tertiary/aromatic N) is 2. The van der Waals surface area contributed by atoms with Crippen molar-refractivity contribution in [3.63, 3.8) is 0 Å². The minimum Gasteiger partial charge on any atom is -0.309 e. The van der Waals surface area contributed by atoms with Gasteiger partial charge in [-0.1, -0.05) is 18.2 Å². The van der Waals surface area contributed by atoms with Crippen LogP contribution in [0.25, 0.3) is 0 Å². The Morgan fingerprint density at radius 3 is 2.63 bits per heavy atom. The summed E-state index contributed by atoms with van der Waals surface area (Å²) in [4.78, 5) is 14.3. The third kappa shape index (κ3) is 2.61. The first kappa shape index (κ1) is 13.6. The number of para-hydroxylation sites is 1. The second kappa shape index (κ2) is 5.41. The SMILES string of the molecule is Cc1cccc(C)c1N1CC(C)NC(CC#N)C1=O. The maximum atomic E-state index is 12.5. The molecule has 4 nitrogen and oxygen atoms in total. The highest BCUT2D eigenvalue weighted by Crippen LogP contribution is 2.27. The third-order valence-corrected chi connectivity index (χ3v) is 3.51. The average Bonchev–Trinajstić information content (AvgIpc) is 2.34. The Bertz CT molecular complexity index is 512. The summed E-state index contributed by atoms with van der Waals surface area (Å²) in [6, 6.07) is 7.90. The number of carbonyl (C=O) groups is 1. The molecule has 2 unspecified atom stereocenters. The maximum absolute atomic E-state index is 12.5. The molecule has 0 aromatic heterocycles. The molecule has 0 aliphatic carbocycles. The molecule has 100 valence electrons. The molecule has 1 aliphatic rings. The number of nitrogens with one attached hydrogen (secondary N) is 1. The van der Waals surface area contributed by atoms with Crippen LogP contribution < -0.4 is 10.2 Å². The molecular weight excluding hydrogens is 238 g/mol. The zero-order valence-corrected chi connectivity index (χ0v) is 11.6. The molecule has 1 N–H and O–H groups in total. The summed E-state index contributed by atoms with van der Waals surface area (Å²) < 4.78 is 0. The number of hydrogen-bond acceptors (Lipinski definition) is 3. The van der Waals surface area contributed by atoms with Crippen LogP contribution in [0.3, 0.4) is 0 Å². The molecule has 0 saturated carbocycles. The molecule has 0 spiro atoms. The van der Waals surface area contributed by atoms with Crippen molar-refractivity contribution in [3.05, 3.63) is 29.3 Å². The number of carbonyl (C=O) groups excluding carboxylic acids is 1. The van der Waals surface area contributed by atoms with Crippen molar-refractivity contribution in [2.45, 2.75) is 39.3 Å². The highest BCUT2D eigenvalue weighted by Gasteiger charge is 2.33.